The van der Waals surface area contributed by atoms with Crippen molar-refractivity contribution in [2.45, 2.75) is 13.1 Å². The van der Waals surface area contributed by atoms with Crippen LogP contribution in [0.25, 0.3) is 0 Å². The lowest BCUT2D eigenvalue weighted by atomic mass is 10.1. The quantitative estimate of drug-likeness (QED) is 0.549. The second kappa shape index (κ2) is 7.42. The van der Waals surface area contributed by atoms with Gasteiger partial charge >= 0.3 is 0 Å². The van der Waals surface area contributed by atoms with Crippen LogP contribution in [0.5, 0.6) is 0 Å². The van der Waals surface area contributed by atoms with Gasteiger partial charge in [0, 0.05) is 17.6 Å². The highest BCUT2D eigenvalue weighted by Crippen LogP contribution is 2.27. The third kappa shape index (κ3) is 4.20. The Bertz CT molecular complexity index is 718. The normalized spacial score (nSPS) is 10.5. The van der Waals surface area contributed by atoms with E-state index in [0.717, 1.165) is 15.6 Å². The fraction of sp³-hybridized carbons (Fsp3) is 0.100. The molecule has 0 aliphatic rings. The zero-order valence-corrected chi connectivity index (χ0v) is 14.2. The molecule has 0 unspecified atom stereocenters. The van der Waals surface area contributed by atoms with Crippen LogP contribution in [0.4, 0.5) is 10.1 Å². The number of anilines is 1. The topological polar surface area (TPSA) is 3.24 Å². The molecule has 0 radical (unpaired) electrons. The molecule has 3 aromatic rings. The molecule has 0 heterocycles. The van der Waals surface area contributed by atoms with Gasteiger partial charge in [0.25, 0.3) is 0 Å². The number of nitrogens with zero attached hydrogens (tertiary/aromatic N) is 1. The van der Waals surface area contributed by atoms with E-state index in [2.05, 4.69) is 45.1 Å². The second-order valence-corrected chi connectivity index (χ2v) is 6.34. The summed E-state index contributed by atoms with van der Waals surface area (Å²) < 4.78 is 15.2. The Kier molecular flexibility index (Phi) is 5.09. The van der Waals surface area contributed by atoms with Gasteiger partial charge in [0.05, 0.1) is 5.69 Å². The van der Waals surface area contributed by atoms with Crippen molar-refractivity contribution in [2.75, 3.05) is 4.90 Å². The predicted molar refractivity (Wildman–Crippen MR) is 96.9 cm³/mol. The summed E-state index contributed by atoms with van der Waals surface area (Å²) >= 11 is 3.44. The van der Waals surface area contributed by atoms with Crippen molar-refractivity contribution in [3.8, 4) is 0 Å². The Balaban J connectivity index is 1.94. The van der Waals surface area contributed by atoms with Crippen LogP contribution in [0, 0.1) is 5.82 Å². The molecular weight excluding hydrogens is 353 g/mol. The summed E-state index contributed by atoms with van der Waals surface area (Å²) in [5.74, 6) is -0.208. The predicted octanol–water partition coefficient (Wildman–Crippen LogP) is 5.80. The second-order valence-electron chi connectivity index (χ2n) is 5.42. The molecule has 0 bridgehead atoms. The third-order valence-corrected chi connectivity index (χ3v) is 4.17. The molecule has 0 spiro atoms. The van der Waals surface area contributed by atoms with Crippen molar-refractivity contribution in [2.24, 2.45) is 0 Å². The lowest BCUT2D eigenvalue weighted by Crippen LogP contribution is -2.23. The van der Waals surface area contributed by atoms with E-state index in [0.29, 0.717) is 18.8 Å². The maximum atomic E-state index is 14.4. The SMILES string of the molecule is Fc1ccc(Br)cc1N(Cc1ccccc1)Cc1ccccc1. The molecule has 23 heavy (non-hydrogen) atoms. The summed E-state index contributed by atoms with van der Waals surface area (Å²) in [6.07, 6.45) is 0. The molecule has 0 N–H and O–H groups in total. The van der Waals surface area contributed by atoms with Gasteiger partial charge in [0.1, 0.15) is 5.82 Å². The Morgan fingerprint density at radius 2 is 1.26 bits per heavy atom. The molecule has 1 nitrogen and oxygen atoms in total. The van der Waals surface area contributed by atoms with Gasteiger partial charge in [-0.25, -0.2) is 4.39 Å². The number of hydrogen-bond donors (Lipinski definition) is 0. The van der Waals surface area contributed by atoms with E-state index < -0.39 is 0 Å². The third-order valence-electron chi connectivity index (χ3n) is 3.68. The summed E-state index contributed by atoms with van der Waals surface area (Å²) in [6, 6.07) is 25.3. The summed E-state index contributed by atoms with van der Waals surface area (Å²) in [4.78, 5) is 2.06. The zero-order chi connectivity index (χ0) is 16.1. The minimum absolute atomic E-state index is 0.208. The van der Waals surface area contributed by atoms with Gasteiger partial charge in [-0.15, -0.1) is 0 Å². The summed E-state index contributed by atoms with van der Waals surface area (Å²) in [5.41, 5.74) is 2.91. The smallest absolute Gasteiger partial charge is 0.146 e. The summed E-state index contributed by atoms with van der Waals surface area (Å²) in [5, 5.41) is 0. The number of hydrogen-bond acceptors (Lipinski definition) is 1. The Morgan fingerprint density at radius 1 is 0.739 bits per heavy atom. The van der Waals surface area contributed by atoms with Gasteiger partial charge in [-0.05, 0) is 29.3 Å². The lowest BCUT2D eigenvalue weighted by molar-refractivity contribution is 0.615. The molecule has 0 atom stereocenters. The molecule has 3 heteroatoms. The van der Waals surface area contributed by atoms with Crippen molar-refractivity contribution in [3.05, 3.63) is 100 Å². The molecule has 0 saturated heterocycles. The van der Waals surface area contributed by atoms with E-state index in [1.54, 1.807) is 6.07 Å². The highest BCUT2D eigenvalue weighted by Gasteiger charge is 2.13. The first-order valence-corrected chi connectivity index (χ1v) is 8.29. The molecule has 3 rings (SSSR count). The van der Waals surface area contributed by atoms with Gasteiger partial charge in [-0.2, -0.15) is 0 Å². The maximum absolute atomic E-state index is 14.4. The summed E-state index contributed by atoms with van der Waals surface area (Å²) in [6.45, 7) is 1.31. The van der Waals surface area contributed by atoms with Crippen LogP contribution in [0.1, 0.15) is 11.1 Å². The minimum Gasteiger partial charge on any atom is -0.360 e. The number of rotatable bonds is 5. The fourth-order valence-electron chi connectivity index (χ4n) is 2.56. The van der Waals surface area contributed by atoms with Crippen molar-refractivity contribution in [1.29, 1.82) is 0 Å². The monoisotopic (exact) mass is 369 g/mol. The molecule has 0 aliphatic carbocycles. The highest BCUT2D eigenvalue weighted by atomic mass is 79.9. The Morgan fingerprint density at radius 3 is 1.78 bits per heavy atom. The molecule has 0 fully saturated rings. The van der Waals surface area contributed by atoms with Gasteiger partial charge in [-0.1, -0.05) is 76.6 Å². The van der Waals surface area contributed by atoms with Crippen LogP contribution in [-0.4, -0.2) is 0 Å². The molecule has 0 aromatic heterocycles. The van der Waals surface area contributed by atoms with Gasteiger partial charge in [0.15, 0.2) is 0 Å². The van der Waals surface area contributed by atoms with Crippen molar-refractivity contribution < 1.29 is 4.39 Å². The van der Waals surface area contributed by atoms with Crippen LogP contribution in [0.2, 0.25) is 0 Å². The van der Waals surface area contributed by atoms with Crippen LogP contribution in [0.15, 0.2) is 83.3 Å². The van der Waals surface area contributed by atoms with Gasteiger partial charge < -0.3 is 4.90 Å². The van der Waals surface area contributed by atoms with E-state index >= 15 is 0 Å². The number of benzene rings is 3. The van der Waals surface area contributed by atoms with Crippen LogP contribution in [0.3, 0.4) is 0 Å². The van der Waals surface area contributed by atoms with Gasteiger partial charge in [0.2, 0.25) is 0 Å². The van der Waals surface area contributed by atoms with E-state index in [-0.39, 0.29) is 5.82 Å². The van der Waals surface area contributed by atoms with Crippen LogP contribution in [-0.2, 0) is 13.1 Å². The van der Waals surface area contributed by atoms with Crippen LogP contribution < -0.4 is 4.90 Å². The summed E-state index contributed by atoms with van der Waals surface area (Å²) in [7, 11) is 0. The number of halogens is 2. The standard InChI is InChI=1S/C20H17BrFN/c21-18-11-12-19(22)20(13-18)23(14-16-7-3-1-4-8-16)15-17-9-5-2-6-10-17/h1-13H,14-15H2. The average Bonchev–Trinajstić information content (AvgIpc) is 2.58. The fourth-order valence-corrected chi connectivity index (χ4v) is 2.91. The minimum atomic E-state index is -0.208. The largest absolute Gasteiger partial charge is 0.360 e. The highest BCUT2D eigenvalue weighted by molar-refractivity contribution is 9.10. The van der Waals surface area contributed by atoms with Crippen molar-refractivity contribution in [3.63, 3.8) is 0 Å². The average molecular weight is 370 g/mol. The van der Waals surface area contributed by atoms with E-state index in [4.69, 9.17) is 0 Å². The Hall–Kier alpha value is -2.13. The molecule has 3 aromatic carbocycles. The van der Waals surface area contributed by atoms with Crippen molar-refractivity contribution in [1.82, 2.24) is 0 Å². The first kappa shape index (κ1) is 15.8. The molecule has 0 amide bonds. The van der Waals surface area contributed by atoms with Crippen LogP contribution >= 0.6 is 15.9 Å². The van der Waals surface area contributed by atoms with E-state index in [1.807, 2.05) is 42.5 Å². The first-order chi connectivity index (χ1) is 11.2. The van der Waals surface area contributed by atoms with E-state index in [9.17, 15) is 4.39 Å². The first-order valence-electron chi connectivity index (χ1n) is 7.50. The molecule has 116 valence electrons. The van der Waals surface area contributed by atoms with Crippen molar-refractivity contribution >= 4 is 21.6 Å². The van der Waals surface area contributed by atoms with Gasteiger partial charge in [-0.3, -0.25) is 0 Å². The maximum Gasteiger partial charge on any atom is 0.146 e. The molecule has 0 saturated carbocycles. The van der Waals surface area contributed by atoms with E-state index in [1.165, 1.54) is 6.07 Å². The zero-order valence-electron chi connectivity index (χ0n) is 12.6. The molecule has 0 aliphatic heterocycles. The Labute approximate surface area is 144 Å². The molecular formula is C20H17BrFN. The lowest BCUT2D eigenvalue weighted by Gasteiger charge is -2.26.